The minimum absolute atomic E-state index is 0.429. The Morgan fingerprint density at radius 2 is 1.42 bits per heavy atom. The summed E-state index contributed by atoms with van der Waals surface area (Å²) in [6.45, 7) is 4.21. The third-order valence-corrected chi connectivity index (χ3v) is 5.76. The molecular weight excluding hydrogens is 316 g/mol. The molecule has 0 unspecified atom stereocenters. The molecule has 0 saturated heterocycles. The van der Waals surface area contributed by atoms with Gasteiger partial charge >= 0.3 is 0 Å². The molecule has 0 amide bonds. The van der Waals surface area contributed by atoms with E-state index in [4.69, 9.17) is 5.73 Å². The minimum Gasteiger partial charge on any atom is -0.330 e. The van der Waals surface area contributed by atoms with Gasteiger partial charge in [-0.05, 0) is 49.4 Å². The third-order valence-electron chi connectivity index (χ3n) is 5.76. The number of nitrogens with two attached hydrogens (primary N) is 1. The molecule has 1 saturated carbocycles. The fraction of sp³-hybridized carbons (Fsp3) is 0.500. The number of benzene rings is 2. The van der Waals surface area contributed by atoms with Gasteiger partial charge in [0.1, 0.15) is 0 Å². The second-order valence-electron chi connectivity index (χ2n) is 7.78. The molecule has 0 radical (unpaired) electrons. The summed E-state index contributed by atoms with van der Waals surface area (Å²) >= 11 is 0. The molecule has 0 aromatic heterocycles. The lowest BCUT2D eigenvalue weighted by molar-refractivity contribution is 0.195. The Labute approximate surface area is 159 Å². The van der Waals surface area contributed by atoms with Crippen LogP contribution >= 0.6 is 0 Å². The average Bonchev–Trinajstić information content (AvgIpc) is 2.72. The molecule has 2 N–H and O–H groups in total. The van der Waals surface area contributed by atoms with Gasteiger partial charge in [0.25, 0.3) is 0 Å². The highest BCUT2D eigenvalue weighted by atomic mass is 15.1. The van der Waals surface area contributed by atoms with E-state index in [0.717, 1.165) is 32.0 Å². The van der Waals surface area contributed by atoms with Crippen LogP contribution in [0.25, 0.3) is 0 Å². The highest BCUT2D eigenvalue weighted by Crippen LogP contribution is 2.28. The molecule has 140 valence electrons. The lowest BCUT2D eigenvalue weighted by atomic mass is 9.87. The summed E-state index contributed by atoms with van der Waals surface area (Å²) in [6.07, 6.45) is 8.15. The first kappa shape index (κ1) is 19.1. The molecule has 0 bridgehead atoms. The molecular formula is C24H34N2. The molecule has 1 aliphatic rings. The van der Waals surface area contributed by atoms with Crippen molar-refractivity contribution in [3.8, 4) is 0 Å². The van der Waals surface area contributed by atoms with Gasteiger partial charge in [-0.25, -0.2) is 0 Å². The Morgan fingerprint density at radius 3 is 1.96 bits per heavy atom. The van der Waals surface area contributed by atoms with Crippen LogP contribution in [0.1, 0.15) is 55.6 Å². The van der Waals surface area contributed by atoms with E-state index in [-0.39, 0.29) is 0 Å². The Balaban J connectivity index is 1.76. The van der Waals surface area contributed by atoms with Crippen molar-refractivity contribution < 1.29 is 0 Å². The largest absolute Gasteiger partial charge is 0.330 e. The molecule has 1 aliphatic carbocycles. The maximum atomic E-state index is 5.84. The number of nitrogens with zero attached hydrogens (tertiary/aromatic N) is 1. The van der Waals surface area contributed by atoms with Crippen LogP contribution in [0, 0.1) is 5.92 Å². The Kier molecular flexibility index (Phi) is 7.72. The van der Waals surface area contributed by atoms with Crippen LogP contribution in [-0.2, 0) is 0 Å². The molecule has 1 fully saturated rings. The first-order valence-electron chi connectivity index (χ1n) is 10.4. The van der Waals surface area contributed by atoms with Gasteiger partial charge < -0.3 is 10.6 Å². The molecule has 0 aliphatic heterocycles. The van der Waals surface area contributed by atoms with Crippen LogP contribution in [0.5, 0.6) is 0 Å². The second-order valence-corrected chi connectivity index (χ2v) is 7.78. The van der Waals surface area contributed by atoms with Crippen LogP contribution in [-0.4, -0.2) is 31.1 Å². The van der Waals surface area contributed by atoms with Gasteiger partial charge in [0, 0.05) is 19.0 Å². The minimum atomic E-state index is 0.429. The lowest BCUT2D eigenvalue weighted by Gasteiger charge is -2.33. The maximum Gasteiger partial charge on any atom is 0.0217 e. The first-order chi connectivity index (χ1) is 12.9. The second kappa shape index (κ2) is 10.5. The molecule has 2 heteroatoms. The Morgan fingerprint density at radius 1 is 0.846 bits per heavy atom. The van der Waals surface area contributed by atoms with Gasteiger partial charge in [0.2, 0.25) is 0 Å². The van der Waals surface area contributed by atoms with Gasteiger partial charge in [-0.2, -0.15) is 0 Å². The van der Waals surface area contributed by atoms with Crippen molar-refractivity contribution in [2.75, 3.05) is 26.2 Å². The predicted molar refractivity (Wildman–Crippen MR) is 111 cm³/mol. The van der Waals surface area contributed by atoms with Crippen molar-refractivity contribution in [1.82, 2.24) is 4.90 Å². The van der Waals surface area contributed by atoms with E-state index in [9.17, 15) is 0 Å². The van der Waals surface area contributed by atoms with Crippen LogP contribution in [0.2, 0.25) is 0 Å². The number of rotatable bonds is 9. The molecule has 2 nitrogen and oxygen atoms in total. The molecule has 0 spiro atoms. The van der Waals surface area contributed by atoms with Crippen LogP contribution in [0.15, 0.2) is 60.7 Å². The van der Waals surface area contributed by atoms with Crippen LogP contribution in [0.3, 0.4) is 0 Å². The summed E-state index contributed by atoms with van der Waals surface area (Å²) in [6, 6.07) is 22.0. The van der Waals surface area contributed by atoms with E-state index in [0.29, 0.717) is 5.92 Å². The summed E-state index contributed by atoms with van der Waals surface area (Å²) in [7, 11) is 0. The van der Waals surface area contributed by atoms with Crippen molar-refractivity contribution in [2.45, 2.75) is 44.4 Å². The van der Waals surface area contributed by atoms with E-state index in [2.05, 4.69) is 65.6 Å². The fourth-order valence-corrected chi connectivity index (χ4v) is 4.34. The van der Waals surface area contributed by atoms with E-state index in [1.807, 2.05) is 0 Å². The Hall–Kier alpha value is -1.64. The quantitative estimate of drug-likeness (QED) is 0.686. The maximum absolute atomic E-state index is 5.84. The van der Waals surface area contributed by atoms with Crippen molar-refractivity contribution >= 4 is 0 Å². The van der Waals surface area contributed by atoms with Crippen molar-refractivity contribution in [1.29, 1.82) is 0 Å². The zero-order valence-electron chi connectivity index (χ0n) is 16.0. The fourth-order valence-electron chi connectivity index (χ4n) is 4.34. The predicted octanol–water partition coefficient (Wildman–Crippen LogP) is 5.05. The molecule has 0 heterocycles. The standard InChI is InChI=1S/C24H34N2/c25-17-10-18-26(19-21-11-4-1-5-12-21)20-24(22-13-6-2-7-14-22)23-15-8-3-9-16-23/h2-3,6-9,13-16,21,24H,1,4-5,10-12,17-20,25H2. The monoisotopic (exact) mass is 350 g/mol. The number of hydrogen-bond acceptors (Lipinski definition) is 2. The lowest BCUT2D eigenvalue weighted by Crippen LogP contribution is -2.36. The molecule has 2 aromatic rings. The first-order valence-corrected chi connectivity index (χ1v) is 10.4. The van der Waals surface area contributed by atoms with Crippen LogP contribution in [0.4, 0.5) is 0 Å². The summed E-state index contributed by atoms with van der Waals surface area (Å²) in [5, 5.41) is 0. The van der Waals surface area contributed by atoms with Gasteiger partial charge in [-0.1, -0.05) is 79.9 Å². The summed E-state index contributed by atoms with van der Waals surface area (Å²) in [5.74, 6) is 1.30. The van der Waals surface area contributed by atoms with E-state index in [1.165, 1.54) is 49.8 Å². The van der Waals surface area contributed by atoms with Crippen molar-refractivity contribution in [3.05, 3.63) is 71.8 Å². The van der Waals surface area contributed by atoms with E-state index in [1.54, 1.807) is 0 Å². The van der Waals surface area contributed by atoms with Crippen LogP contribution < -0.4 is 5.73 Å². The molecule has 0 atom stereocenters. The average molecular weight is 351 g/mol. The van der Waals surface area contributed by atoms with Crippen molar-refractivity contribution in [2.24, 2.45) is 11.7 Å². The normalized spacial score (nSPS) is 15.7. The summed E-state index contributed by atoms with van der Waals surface area (Å²) in [4.78, 5) is 2.69. The van der Waals surface area contributed by atoms with Crippen molar-refractivity contribution in [3.63, 3.8) is 0 Å². The highest BCUT2D eigenvalue weighted by molar-refractivity contribution is 5.32. The smallest absolute Gasteiger partial charge is 0.0217 e. The van der Waals surface area contributed by atoms with Gasteiger partial charge in [0.15, 0.2) is 0 Å². The van der Waals surface area contributed by atoms with Gasteiger partial charge in [-0.15, -0.1) is 0 Å². The van der Waals surface area contributed by atoms with Gasteiger partial charge in [-0.3, -0.25) is 0 Å². The summed E-state index contributed by atoms with van der Waals surface area (Å²) < 4.78 is 0. The van der Waals surface area contributed by atoms with Gasteiger partial charge in [0.05, 0.1) is 0 Å². The zero-order chi connectivity index (χ0) is 18.0. The topological polar surface area (TPSA) is 29.3 Å². The van der Waals surface area contributed by atoms with E-state index >= 15 is 0 Å². The molecule has 3 rings (SSSR count). The van der Waals surface area contributed by atoms with E-state index < -0.39 is 0 Å². The summed E-state index contributed by atoms with van der Waals surface area (Å²) in [5.41, 5.74) is 8.67. The third kappa shape index (κ3) is 5.69. The Bertz CT molecular complexity index is 565. The molecule has 2 aromatic carbocycles. The number of hydrogen-bond donors (Lipinski definition) is 1. The SMILES string of the molecule is NCCCN(CC1CCCCC1)CC(c1ccccc1)c1ccccc1. The zero-order valence-corrected chi connectivity index (χ0v) is 16.0. The highest BCUT2D eigenvalue weighted by Gasteiger charge is 2.21. The molecule has 26 heavy (non-hydrogen) atoms.